The molecular weight excluding hydrogens is 390 g/mol. The number of hydrogen-bond acceptors (Lipinski definition) is 5. The first-order valence-corrected chi connectivity index (χ1v) is 10.2. The molecule has 2 aromatic heterocycles. The van der Waals surface area contributed by atoms with Crippen LogP contribution in [0.4, 0.5) is 5.95 Å². The van der Waals surface area contributed by atoms with Gasteiger partial charge in [-0.1, -0.05) is 12.1 Å². The second-order valence-corrected chi connectivity index (χ2v) is 7.28. The number of benzene rings is 2. The minimum atomic E-state index is -0.309. The maximum Gasteiger partial charge on any atom is 0.338 e. The van der Waals surface area contributed by atoms with Gasteiger partial charge in [-0.25, -0.2) is 15.2 Å². The molecule has 0 unspecified atom stereocenters. The van der Waals surface area contributed by atoms with Crippen molar-refractivity contribution >= 4 is 29.2 Å². The normalized spacial score (nSPS) is 11.4. The first-order valence-electron chi connectivity index (χ1n) is 10.2. The Morgan fingerprint density at radius 2 is 1.90 bits per heavy atom. The Hall–Kier alpha value is -3.87. The van der Waals surface area contributed by atoms with Crippen molar-refractivity contribution in [3.05, 3.63) is 77.1 Å². The van der Waals surface area contributed by atoms with Gasteiger partial charge < -0.3 is 13.9 Å². The van der Waals surface area contributed by atoms with Gasteiger partial charge in [0, 0.05) is 29.7 Å². The van der Waals surface area contributed by atoms with E-state index in [0.717, 1.165) is 33.7 Å². The summed E-state index contributed by atoms with van der Waals surface area (Å²) in [6, 6.07) is 17.5. The van der Waals surface area contributed by atoms with Crippen LogP contribution in [0, 0.1) is 13.8 Å². The van der Waals surface area contributed by atoms with Crippen LogP contribution in [0.25, 0.3) is 16.7 Å². The first kappa shape index (κ1) is 20.4. The lowest BCUT2D eigenvalue weighted by atomic mass is 10.2. The average molecular weight is 415 g/mol. The van der Waals surface area contributed by atoms with Crippen LogP contribution in [0.5, 0.6) is 0 Å². The highest BCUT2D eigenvalue weighted by atomic mass is 16.5. The summed E-state index contributed by atoms with van der Waals surface area (Å²) in [5.74, 6) is 0.372. The van der Waals surface area contributed by atoms with E-state index >= 15 is 0 Å². The molecule has 31 heavy (non-hydrogen) atoms. The molecule has 0 saturated carbocycles. The summed E-state index contributed by atoms with van der Waals surface area (Å²) in [6.07, 6.45) is 1.80. The predicted octanol–water partition coefficient (Wildman–Crippen LogP) is 4.60. The van der Waals surface area contributed by atoms with E-state index in [9.17, 15) is 4.79 Å². The summed E-state index contributed by atoms with van der Waals surface area (Å²) < 4.78 is 9.16. The van der Waals surface area contributed by atoms with E-state index in [2.05, 4.69) is 26.1 Å². The van der Waals surface area contributed by atoms with Gasteiger partial charge in [-0.3, -0.25) is 0 Å². The van der Waals surface area contributed by atoms with Crippen LogP contribution in [0.15, 0.2) is 59.7 Å². The molecule has 0 spiro atoms. The van der Waals surface area contributed by atoms with Gasteiger partial charge in [-0.2, -0.15) is 5.10 Å². The predicted molar refractivity (Wildman–Crippen MR) is 123 cm³/mol. The molecular formula is C24H25N5O2. The fourth-order valence-electron chi connectivity index (χ4n) is 3.68. The molecule has 7 heteroatoms. The van der Waals surface area contributed by atoms with Crippen molar-refractivity contribution in [2.24, 2.45) is 12.1 Å². The summed E-state index contributed by atoms with van der Waals surface area (Å²) in [6.45, 7) is 6.25. The number of hydrogen-bond donors (Lipinski definition) is 1. The van der Waals surface area contributed by atoms with E-state index in [0.29, 0.717) is 18.1 Å². The molecule has 0 aliphatic rings. The van der Waals surface area contributed by atoms with Crippen molar-refractivity contribution in [1.29, 1.82) is 0 Å². The Morgan fingerprint density at radius 3 is 2.61 bits per heavy atom. The third-order valence-electron chi connectivity index (χ3n) is 5.26. The van der Waals surface area contributed by atoms with Gasteiger partial charge in [-0.15, -0.1) is 0 Å². The molecule has 4 rings (SSSR count). The molecule has 0 aliphatic carbocycles. The Balaban J connectivity index is 1.55. The number of hydrazone groups is 1. The van der Waals surface area contributed by atoms with Gasteiger partial charge in [0.25, 0.3) is 0 Å². The summed E-state index contributed by atoms with van der Waals surface area (Å²) in [7, 11) is 1.96. The third-order valence-corrected chi connectivity index (χ3v) is 5.26. The molecule has 158 valence electrons. The number of nitrogens with zero attached hydrogens (tertiary/aromatic N) is 4. The second-order valence-electron chi connectivity index (χ2n) is 7.28. The van der Waals surface area contributed by atoms with Crippen LogP contribution in [0.3, 0.4) is 0 Å². The summed E-state index contributed by atoms with van der Waals surface area (Å²) in [5.41, 5.74) is 9.65. The van der Waals surface area contributed by atoms with E-state index in [-0.39, 0.29) is 5.97 Å². The minimum absolute atomic E-state index is 0.309. The van der Waals surface area contributed by atoms with Crippen molar-refractivity contribution in [2.75, 3.05) is 12.0 Å². The number of aromatic nitrogens is 3. The van der Waals surface area contributed by atoms with E-state index in [1.807, 2.05) is 61.9 Å². The number of aryl methyl sites for hydroxylation is 2. The van der Waals surface area contributed by atoms with Gasteiger partial charge in [0.2, 0.25) is 5.95 Å². The van der Waals surface area contributed by atoms with Crippen molar-refractivity contribution in [1.82, 2.24) is 14.1 Å². The van der Waals surface area contributed by atoms with Crippen LogP contribution in [-0.2, 0) is 11.8 Å². The number of ether oxygens (including phenoxy) is 1. The number of fused-ring (bicyclic) bond motifs is 1. The van der Waals surface area contributed by atoms with E-state index in [1.165, 1.54) is 0 Å². The monoisotopic (exact) mass is 415 g/mol. The zero-order chi connectivity index (χ0) is 22.0. The Labute approximate surface area is 181 Å². The number of carbonyl (C=O) groups is 1. The Bertz CT molecular complexity index is 1270. The number of anilines is 1. The average Bonchev–Trinajstić information content (AvgIpc) is 3.24. The lowest BCUT2D eigenvalue weighted by Gasteiger charge is -2.10. The summed E-state index contributed by atoms with van der Waals surface area (Å²) >= 11 is 0. The number of imidazole rings is 1. The van der Waals surface area contributed by atoms with Crippen LogP contribution in [0.1, 0.15) is 34.2 Å². The molecule has 0 atom stereocenters. The molecule has 0 saturated heterocycles. The SMILES string of the molecule is CCOC(=O)c1ccc(-n2c(C)cc(/C=N\Nc3nc4ccccc4n3C)c2C)cc1. The fraction of sp³-hybridized carbons (Fsp3) is 0.208. The molecule has 7 nitrogen and oxygen atoms in total. The van der Waals surface area contributed by atoms with Crippen LogP contribution < -0.4 is 5.43 Å². The maximum atomic E-state index is 11.9. The largest absolute Gasteiger partial charge is 0.462 e. The van der Waals surface area contributed by atoms with Crippen molar-refractivity contribution in [3.8, 4) is 5.69 Å². The van der Waals surface area contributed by atoms with Gasteiger partial charge in [0.05, 0.1) is 29.4 Å². The molecule has 0 aliphatic heterocycles. The number of esters is 1. The number of para-hydroxylation sites is 2. The highest BCUT2D eigenvalue weighted by Crippen LogP contribution is 2.21. The lowest BCUT2D eigenvalue weighted by Crippen LogP contribution is -2.05. The molecule has 0 bridgehead atoms. The van der Waals surface area contributed by atoms with Crippen molar-refractivity contribution < 1.29 is 9.53 Å². The quantitative estimate of drug-likeness (QED) is 0.284. The topological polar surface area (TPSA) is 73.4 Å². The first-order chi connectivity index (χ1) is 15.0. The van der Waals surface area contributed by atoms with Crippen LogP contribution in [-0.4, -0.2) is 32.9 Å². The Kier molecular flexibility index (Phi) is 5.58. The van der Waals surface area contributed by atoms with E-state index in [4.69, 9.17) is 4.74 Å². The smallest absolute Gasteiger partial charge is 0.338 e. The fourth-order valence-corrected chi connectivity index (χ4v) is 3.68. The van der Waals surface area contributed by atoms with Crippen molar-refractivity contribution in [2.45, 2.75) is 20.8 Å². The zero-order valence-electron chi connectivity index (χ0n) is 18.1. The van der Waals surface area contributed by atoms with Gasteiger partial charge >= 0.3 is 5.97 Å². The zero-order valence-corrected chi connectivity index (χ0v) is 18.1. The molecule has 1 N–H and O–H groups in total. The lowest BCUT2D eigenvalue weighted by molar-refractivity contribution is 0.0526. The number of rotatable bonds is 6. The highest BCUT2D eigenvalue weighted by Gasteiger charge is 2.12. The third kappa shape index (κ3) is 3.94. The van der Waals surface area contributed by atoms with Crippen LogP contribution in [0.2, 0.25) is 0 Å². The second kappa shape index (κ2) is 8.47. The summed E-state index contributed by atoms with van der Waals surface area (Å²) in [4.78, 5) is 16.5. The van der Waals surface area contributed by atoms with Gasteiger partial charge in [-0.05, 0) is 63.2 Å². The van der Waals surface area contributed by atoms with Gasteiger partial charge in [0.1, 0.15) is 0 Å². The standard InChI is InChI=1S/C24H25N5O2/c1-5-31-23(30)18-10-12-20(13-11-18)29-16(2)14-19(17(29)3)15-25-27-24-26-21-8-6-7-9-22(21)28(24)4/h6-15H,5H2,1-4H3,(H,26,27)/b25-15-. The number of nitrogens with one attached hydrogen (secondary N) is 1. The highest BCUT2D eigenvalue weighted by molar-refractivity contribution is 5.89. The molecule has 2 aromatic carbocycles. The minimum Gasteiger partial charge on any atom is -0.462 e. The molecule has 2 heterocycles. The molecule has 4 aromatic rings. The molecule has 0 radical (unpaired) electrons. The molecule has 0 amide bonds. The van der Waals surface area contributed by atoms with Crippen LogP contribution >= 0.6 is 0 Å². The Morgan fingerprint density at radius 1 is 1.16 bits per heavy atom. The maximum absolute atomic E-state index is 11.9. The van der Waals surface area contributed by atoms with Gasteiger partial charge in [0.15, 0.2) is 0 Å². The van der Waals surface area contributed by atoms with Crippen molar-refractivity contribution in [3.63, 3.8) is 0 Å². The summed E-state index contributed by atoms with van der Waals surface area (Å²) in [5, 5.41) is 4.40. The molecule has 0 fully saturated rings. The number of carbonyl (C=O) groups excluding carboxylic acids is 1. The van der Waals surface area contributed by atoms with E-state index in [1.54, 1.807) is 25.3 Å². The van der Waals surface area contributed by atoms with E-state index < -0.39 is 0 Å².